The van der Waals surface area contributed by atoms with Gasteiger partial charge in [-0.05, 0) is 18.8 Å². The summed E-state index contributed by atoms with van der Waals surface area (Å²) >= 11 is 0. The van der Waals surface area contributed by atoms with E-state index < -0.39 is 0 Å². The highest BCUT2D eigenvalue weighted by atomic mass is 16.5. The number of ether oxygens (including phenoxy) is 1. The van der Waals surface area contributed by atoms with Crippen molar-refractivity contribution in [3.8, 4) is 0 Å². The third-order valence-corrected chi connectivity index (χ3v) is 2.83. The van der Waals surface area contributed by atoms with Crippen molar-refractivity contribution >= 4 is 0 Å². The topological polar surface area (TPSA) is 38.5 Å². The van der Waals surface area contributed by atoms with E-state index in [1.807, 2.05) is 0 Å². The van der Waals surface area contributed by atoms with E-state index in [0.717, 1.165) is 13.1 Å². The number of hydrogen-bond acceptors (Lipinski definition) is 3. The minimum absolute atomic E-state index is 0.0384. The molecule has 0 aromatic heterocycles. The van der Waals surface area contributed by atoms with Crippen molar-refractivity contribution in [2.24, 2.45) is 17.6 Å². The van der Waals surface area contributed by atoms with Gasteiger partial charge < -0.3 is 10.5 Å². The molecule has 0 fully saturated rings. The molecule has 0 aromatic rings. The first-order chi connectivity index (χ1) is 7.35. The first kappa shape index (κ1) is 15.9. The summed E-state index contributed by atoms with van der Waals surface area (Å²) in [6, 6.07) is 0. The summed E-state index contributed by atoms with van der Waals surface area (Å²) in [5.41, 5.74) is 5.89. The van der Waals surface area contributed by atoms with Gasteiger partial charge in [-0.2, -0.15) is 0 Å². The molecule has 0 saturated heterocycles. The first-order valence-corrected chi connectivity index (χ1v) is 6.29. The second-order valence-electron chi connectivity index (χ2n) is 5.83. The molecule has 0 spiro atoms. The van der Waals surface area contributed by atoms with E-state index in [1.54, 1.807) is 7.11 Å². The highest BCUT2D eigenvalue weighted by Gasteiger charge is 2.31. The maximum atomic E-state index is 5.92. The normalized spacial score (nSPS) is 16.1. The van der Waals surface area contributed by atoms with Crippen LogP contribution in [0.15, 0.2) is 0 Å². The Kier molecular flexibility index (Phi) is 7.20. The Morgan fingerprint density at radius 3 is 1.81 bits per heavy atom. The van der Waals surface area contributed by atoms with E-state index in [4.69, 9.17) is 10.5 Å². The van der Waals surface area contributed by atoms with E-state index in [1.165, 1.54) is 0 Å². The molecule has 0 saturated carbocycles. The highest BCUT2D eigenvalue weighted by Crippen LogP contribution is 2.18. The molecule has 0 amide bonds. The Morgan fingerprint density at radius 2 is 1.56 bits per heavy atom. The fourth-order valence-corrected chi connectivity index (χ4v) is 1.99. The van der Waals surface area contributed by atoms with Crippen LogP contribution in [0.5, 0.6) is 0 Å². The van der Waals surface area contributed by atoms with E-state index in [9.17, 15) is 0 Å². The standard InChI is InChI=1S/C13H30N2O/c1-11(2)7-15(8-12(3)4)13(5,9-14)10-16-6/h11-12H,7-10,14H2,1-6H3. The summed E-state index contributed by atoms with van der Waals surface area (Å²) in [7, 11) is 1.75. The summed E-state index contributed by atoms with van der Waals surface area (Å²) in [4.78, 5) is 2.48. The third-order valence-electron chi connectivity index (χ3n) is 2.83. The zero-order valence-corrected chi connectivity index (χ0v) is 11.9. The van der Waals surface area contributed by atoms with E-state index >= 15 is 0 Å². The zero-order valence-electron chi connectivity index (χ0n) is 11.9. The Labute approximate surface area is 101 Å². The number of hydrogen-bond donors (Lipinski definition) is 1. The average molecular weight is 230 g/mol. The Hall–Kier alpha value is -0.120. The van der Waals surface area contributed by atoms with Gasteiger partial charge in [-0.15, -0.1) is 0 Å². The molecule has 2 N–H and O–H groups in total. The van der Waals surface area contributed by atoms with Crippen LogP contribution in [-0.2, 0) is 4.74 Å². The lowest BCUT2D eigenvalue weighted by molar-refractivity contribution is 0.0131. The lowest BCUT2D eigenvalue weighted by Gasteiger charge is -2.42. The molecule has 3 heteroatoms. The molecule has 0 aliphatic rings. The highest BCUT2D eigenvalue weighted by molar-refractivity contribution is 4.88. The van der Waals surface area contributed by atoms with Crippen molar-refractivity contribution in [3.05, 3.63) is 0 Å². The van der Waals surface area contributed by atoms with Crippen molar-refractivity contribution in [2.45, 2.75) is 40.2 Å². The Balaban J connectivity index is 4.67. The number of methoxy groups -OCH3 is 1. The van der Waals surface area contributed by atoms with Gasteiger partial charge in [0.2, 0.25) is 0 Å². The summed E-state index contributed by atoms with van der Waals surface area (Å²) < 4.78 is 5.32. The minimum atomic E-state index is -0.0384. The van der Waals surface area contributed by atoms with Gasteiger partial charge in [-0.25, -0.2) is 0 Å². The van der Waals surface area contributed by atoms with Crippen LogP contribution in [0.1, 0.15) is 34.6 Å². The van der Waals surface area contributed by atoms with E-state index in [0.29, 0.717) is 25.0 Å². The van der Waals surface area contributed by atoms with Crippen LogP contribution in [0.3, 0.4) is 0 Å². The van der Waals surface area contributed by atoms with Gasteiger partial charge in [0.25, 0.3) is 0 Å². The molecule has 1 unspecified atom stereocenters. The SMILES string of the molecule is COCC(C)(CN)N(CC(C)C)CC(C)C. The van der Waals surface area contributed by atoms with Gasteiger partial charge >= 0.3 is 0 Å². The second kappa shape index (κ2) is 7.25. The molecule has 0 heterocycles. The van der Waals surface area contributed by atoms with Crippen molar-refractivity contribution in [2.75, 3.05) is 33.4 Å². The summed E-state index contributed by atoms with van der Waals surface area (Å²) in [6.45, 7) is 14.7. The minimum Gasteiger partial charge on any atom is -0.383 e. The molecular formula is C13H30N2O. The van der Waals surface area contributed by atoms with E-state index in [2.05, 4.69) is 39.5 Å². The Bertz CT molecular complexity index is 173. The smallest absolute Gasteiger partial charge is 0.0656 e. The first-order valence-electron chi connectivity index (χ1n) is 6.29. The van der Waals surface area contributed by atoms with Gasteiger partial charge in [0, 0.05) is 26.7 Å². The molecule has 1 atom stereocenters. The maximum Gasteiger partial charge on any atom is 0.0656 e. The molecule has 98 valence electrons. The molecule has 0 bridgehead atoms. The van der Waals surface area contributed by atoms with Crippen LogP contribution in [-0.4, -0.2) is 43.8 Å². The fraction of sp³-hybridized carbons (Fsp3) is 1.00. The molecule has 0 rings (SSSR count). The quantitative estimate of drug-likeness (QED) is 0.693. The molecule has 16 heavy (non-hydrogen) atoms. The van der Waals surface area contributed by atoms with Crippen molar-refractivity contribution in [1.82, 2.24) is 4.90 Å². The van der Waals surface area contributed by atoms with Gasteiger partial charge in [-0.1, -0.05) is 27.7 Å². The summed E-state index contributed by atoms with van der Waals surface area (Å²) in [5, 5.41) is 0. The van der Waals surface area contributed by atoms with Crippen LogP contribution in [0.4, 0.5) is 0 Å². The number of rotatable bonds is 8. The predicted octanol–water partition coefficient (Wildman–Crippen LogP) is 1.96. The summed E-state index contributed by atoms with van der Waals surface area (Å²) in [5.74, 6) is 1.31. The second-order valence-corrected chi connectivity index (χ2v) is 5.83. The third kappa shape index (κ3) is 5.28. The fourth-order valence-electron chi connectivity index (χ4n) is 1.99. The van der Waals surface area contributed by atoms with Gasteiger partial charge in [0.05, 0.1) is 12.1 Å². The van der Waals surface area contributed by atoms with Gasteiger partial charge in [0.15, 0.2) is 0 Å². The lowest BCUT2D eigenvalue weighted by Crippen LogP contribution is -2.56. The molecular weight excluding hydrogens is 200 g/mol. The Morgan fingerprint density at radius 1 is 1.12 bits per heavy atom. The van der Waals surface area contributed by atoms with Gasteiger partial charge in [0.1, 0.15) is 0 Å². The van der Waals surface area contributed by atoms with Crippen LogP contribution in [0.25, 0.3) is 0 Å². The van der Waals surface area contributed by atoms with Gasteiger partial charge in [-0.3, -0.25) is 4.90 Å². The number of nitrogens with two attached hydrogens (primary N) is 1. The molecule has 3 nitrogen and oxygen atoms in total. The van der Waals surface area contributed by atoms with Crippen LogP contribution in [0.2, 0.25) is 0 Å². The molecule has 0 aliphatic carbocycles. The molecule has 0 radical (unpaired) electrons. The number of nitrogens with zero attached hydrogens (tertiary/aromatic N) is 1. The van der Waals surface area contributed by atoms with Crippen molar-refractivity contribution in [3.63, 3.8) is 0 Å². The lowest BCUT2D eigenvalue weighted by atomic mass is 9.97. The van der Waals surface area contributed by atoms with Crippen LogP contribution < -0.4 is 5.73 Å². The molecule has 0 aliphatic heterocycles. The van der Waals surface area contributed by atoms with Crippen molar-refractivity contribution in [1.29, 1.82) is 0 Å². The maximum absolute atomic E-state index is 5.92. The average Bonchev–Trinajstić information content (AvgIpc) is 2.15. The molecule has 0 aromatic carbocycles. The van der Waals surface area contributed by atoms with E-state index in [-0.39, 0.29) is 5.54 Å². The largest absolute Gasteiger partial charge is 0.383 e. The van der Waals surface area contributed by atoms with Crippen LogP contribution in [0, 0.1) is 11.8 Å². The predicted molar refractivity (Wildman–Crippen MR) is 70.6 cm³/mol. The van der Waals surface area contributed by atoms with Crippen molar-refractivity contribution < 1.29 is 4.74 Å². The monoisotopic (exact) mass is 230 g/mol. The summed E-state index contributed by atoms with van der Waals surface area (Å²) in [6.07, 6.45) is 0. The zero-order chi connectivity index (χ0) is 12.8. The van der Waals surface area contributed by atoms with Crippen LogP contribution >= 0.6 is 0 Å².